The van der Waals surface area contributed by atoms with Crippen LogP contribution < -0.4 is 10.1 Å². The van der Waals surface area contributed by atoms with Gasteiger partial charge in [0.2, 0.25) is 5.88 Å². The molecule has 178 valence electrons. The fraction of sp³-hybridized carbons (Fsp3) is 0.630. The Morgan fingerprint density at radius 1 is 0.970 bits per heavy atom. The fourth-order valence-corrected chi connectivity index (χ4v) is 6.10. The van der Waals surface area contributed by atoms with Crippen LogP contribution in [-0.4, -0.2) is 21.9 Å². The van der Waals surface area contributed by atoms with Gasteiger partial charge < -0.3 is 10.1 Å². The summed E-state index contributed by atoms with van der Waals surface area (Å²) < 4.78 is 21.6. The molecule has 0 aliphatic heterocycles. The third kappa shape index (κ3) is 5.25. The van der Waals surface area contributed by atoms with Gasteiger partial charge in [0.1, 0.15) is 5.82 Å². The quantitative estimate of drug-likeness (QED) is 0.518. The second kappa shape index (κ2) is 10.3. The minimum Gasteiger partial charge on any atom is -0.389 e. The maximum absolute atomic E-state index is 13.5. The molecule has 1 aromatic heterocycles. The van der Waals surface area contributed by atoms with Crippen LogP contribution in [0.25, 0.3) is 0 Å². The van der Waals surface area contributed by atoms with Gasteiger partial charge in [-0.3, -0.25) is 4.68 Å². The number of ether oxygens (including phenoxy) is 1. The highest BCUT2D eigenvalue weighted by Gasteiger charge is 2.32. The average molecular weight is 454 g/mol. The Morgan fingerprint density at radius 2 is 1.67 bits per heavy atom. The zero-order chi connectivity index (χ0) is 22.6. The predicted molar refractivity (Wildman–Crippen MR) is 126 cm³/mol. The van der Waals surface area contributed by atoms with E-state index in [4.69, 9.17) is 9.84 Å². The van der Waals surface area contributed by atoms with Crippen LogP contribution >= 0.6 is 0 Å². The van der Waals surface area contributed by atoms with Crippen molar-refractivity contribution >= 4 is 6.09 Å². The molecule has 1 amide bonds. The lowest BCUT2D eigenvalue weighted by molar-refractivity contribution is 0.192. The molecule has 0 spiro atoms. The number of hydrogen-bond donors (Lipinski definition) is 1. The van der Waals surface area contributed by atoms with E-state index >= 15 is 0 Å². The number of rotatable bonds is 5. The molecule has 3 aliphatic carbocycles. The number of benzene rings is 1. The molecule has 33 heavy (non-hydrogen) atoms. The highest BCUT2D eigenvalue weighted by molar-refractivity contribution is 5.70. The Bertz CT molecular complexity index is 943. The number of amides is 1. The van der Waals surface area contributed by atoms with Crippen molar-refractivity contribution in [1.82, 2.24) is 15.1 Å². The molecule has 1 N–H and O–H groups in total. The molecule has 0 bridgehead atoms. The lowest BCUT2D eigenvalue weighted by atomic mass is 9.90. The molecule has 5 rings (SSSR count). The molecule has 5 nitrogen and oxygen atoms in total. The van der Waals surface area contributed by atoms with Crippen molar-refractivity contribution in [2.75, 3.05) is 0 Å². The van der Waals surface area contributed by atoms with Gasteiger partial charge in [-0.25, -0.2) is 9.18 Å². The molecule has 6 heteroatoms. The molecule has 3 aliphatic rings. The Labute approximate surface area is 196 Å². The molecule has 1 atom stereocenters. The third-order valence-corrected chi connectivity index (χ3v) is 7.81. The number of carbonyl (C=O) groups is 1. The summed E-state index contributed by atoms with van der Waals surface area (Å²) in [5.74, 6) is 0.617. The van der Waals surface area contributed by atoms with Crippen LogP contribution in [0, 0.1) is 5.82 Å². The molecule has 0 radical (unpaired) electrons. The predicted octanol–water partition coefficient (Wildman–Crippen LogP) is 6.61. The van der Waals surface area contributed by atoms with E-state index in [0.29, 0.717) is 17.8 Å². The van der Waals surface area contributed by atoms with E-state index in [2.05, 4.69) is 10.00 Å². The van der Waals surface area contributed by atoms with E-state index in [1.165, 1.54) is 37.8 Å². The summed E-state index contributed by atoms with van der Waals surface area (Å²) >= 11 is 0. The number of halogens is 1. The van der Waals surface area contributed by atoms with Gasteiger partial charge in [-0.2, -0.15) is 0 Å². The van der Waals surface area contributed by atoms with Crippen molar-refractivity contribution in [2.24, 2.45) is 0 Å². The summed E-state index contributed by atoms with van der Waals surface area (Å²) in [6, 6.07) is 7.49. The first kappa shape index (κ1) is 22.4. The maximum Gasteiger partial charge on any atom is 0.414 e. The first-order valence-electron chi connectivity index (χ1n) is 13.0. The van der Waals surface area contributed by atoms with Crippen LogP contribution in [0.5, 0.6) is 5.88 Å². The zero-order valence-electron chi connectivity index (χ0n) is 19.5. The first-order chi connectivity index (χ1) is 16.2. The SMILES string of the molecule is O=C(NC1CCCC1)Oc1nn(C2CCCCC2)c2c1CCCCC2Cc1ccc(F)cc1. The topological polar surface area (TPSA) is 56.1 Å². The van der Waals surface area contributed by atoms with Crippen LogP contribution in [0.15, 0.2) is 24.3 Å². The van der Waals surface area contributed by atoms with Crippen LogP contribution in [0.2, 0.25) is 0 Å². The number of nitrogens with one attached hydrogen (secondary N) is 1. The van der Waals surface area contributed by atoms with Crippen molar-refractivity contribution in [3.05, 3.63) is 46.9 Å². The van der Waals surface area contributed by atoms with Crippen LogP contribution in [-0.2, 0) is 12.8 Å². The highest BCUT2D eigenvalue weighted by atomic mass is 19.1. The summed E-state index contributed by atoms with van der Waals surface area (Å²) in [7, 11) is 0. The van der Waals surface area contributed by atoms with Crippen molar-refractivity contribution < 1.29 is 13.9 Å². The summed E-state index contributed by atoms with van der Waals surface area (Å²) in [6.45, 7) is 0. The number of aromatic nitrogens is 2. The summed E-state index contributed by atoms with van der Waals surface area (Å²) in [5.41, 5.74) is 3.52. The third-order valence-electron chi connectivity index (χ3n) is 7.81. The van der Waals surface area contributed by atoms with Crippen molar-refractivity contribution in [3.8, 4) is 5.88 Å². The van der Waals surface area contributed by atoms with Crippen molar-refractivity contribution in [3.63, 3.8) is 0 Å². The standard InChI is InChI=1S/C27H36FN3O2/c28-21-16-14-19(15-17-21)18-20-8-4-7-13-24-25(20)31(23-11-2-1-3-12-23)30-26(24)33-27(32)29-22-9-5-6-10-22/h14-17,20,22-23H,1-13,18H2,(H,29,32). The van der Waals surface area contributed by atoms with Gasteiger partial charge in [-0.1, -0.05) is 50.7 Å². The van der Waals surface area contributed by atoms with Gasteiger partial charge in [0.15, 0.2) is 0 Å². The largest absolute Gasteiger partial charge is 0.414 e. The van der Waals surface area contributed by atoms with Crippen LogP contribution in [0.1, 0.15) is 106 Å². The normalized spacial score (nSPS) is 22.0. The molecule has 0 saturated heterocycles. The van der Waals surface area contributed by atoms with Gasteiger partial charge >= 0.3 is 6.09 Å². The zero-order valence-corrected chi connectivity index (χ0v) is 19.5. The van der Waals surface area contributed by atoms with Gasteiger partial charge in [0.25, 0.3) is 0 Å². The van der Waals surface area contributed by atoms with Crippen molar-refractivity contribution in [1.29, 1.82) is 0 Å². The highest BCUT2D eigenvalue weighted by Crippen LogP contribution is 2.41. The van der Waals surface area contributed by atoms with Crippen LogP contribution in [0.4, 0.5) is 9.18 Å². The summed E-state index contributed by atoms with van der Waals surface area (Å²) in [4.78, 5) is 12.7. The lowest BCUT2D eigenvalue weighted by Crippen LogP contribution is -2.35. The second-order valence-electron chi connectivity index (χ2n) is 10.2. The van der Waals surface area contributed by atoms with Crippen molar-refractivity contribution in [2.45, 2.75) is 108 Å². The molecule has 2 saturated carbocycles. The Morgan fingerprint density at radius 3 is 2.42 bits per heavy atom. The van der Waals surface area contributed by atoms with Gasteiger partial charge in [0, 0.05) is 23.2 Å². The Balaban J connectivity index is 1.45. The molecule has 1 unspecified atom stereocenters. The maximum atomic E-state index is 13.5. The lowest BCUT2D eigenvalue weighted by Gasteiger charge is -2.27. The monoisotopic (exact) mass is 453 g/mol. The van der Waals surface area contributed by atoms with E-state index in [9.17, 15) is 9.18 Å². The van der Waals surface area contributed by atoms with E-state index in [1.54, 1.807) is 12.1 Å². The second-order valence-corrected chi connectivity index (χ2v) is 10.2. The fourth-order valence-electron chi connectivity index (χ4n) is 6.10. The number of hydrogen-bond acceptors (Lipinski definition) is 3. The minimum atomic E-state index is -0.364. The van der Waals surface area contributed by atoms with E-state index in [0.717, 1.165) is 68.9 Å². The van der Waals surface area contributed by atoms with E-state index in [1.807, 2.05) is 12.1 Å². The molecule has 1 aromatic carbocycles. The molecule has 2 fully saturated rings. The van der Waals surface area contributed by atoms with Crippen LogP contribution in [0.3, 0.4) is 0 Å². The number of nitrogens with zero attached hydrogens (tertiary/aromatic N) is 2. The number of carbonyl (C=O) groups excluding carboxylic acids is 1. The van der Waals surface area contributed by atoms with E-state index in [-0.39, 0.29) is 18.0 Å². The van der Waals surface area contributed by atoms with E-state index < -0.39 is 0 Å². The van der Waals surface area contributed by atoms with Gasteiger partial charge in [-0.15, -0.1) is 5.10 Å². The Kier molecular flexibility index (Phi) is 6.98. The minimum absolute atomic E-state index is 0.198. The average Bonchev–Trinajstić information content (AvgIpc) is 3.40. The molecule has 2 aromatic rings. The molecule has 1 heterocycles. The summed E-state index contributed by atoms with van der Waals surface area (Å²) in [5, 5.41) is 8.00. The smallest absolute Gasteiger partial charge is 0.389 e. The molecular weight excluding hydrogens is 417 g/mol. The van der Waals surface area contributed by atoms with Gasteiger partial charge in [0.05, 0.1) is 6.04 Å². The molecular formula is C27H36FN3O2. The van der Waals surface area contributed by atoms with Gasteiger partial charge in [-0.05, 0) is 69.1 Å². The number of fused-ring (bicyclic) bond motifs is 1. The first-order valence-corrected chi connectivity index (χ1v) is 13.0. The Hall–Kier alpha value is -2.37. The summed E-state index contributed by atoms with van der Waals surface area (Å²) in [6.07, 6.45) is 15.1.